The van der Waals surface area contributed by atoms with Crippen LogP contribution in [0.1, 0.15) is 18.1 Å². The number of carbonyl (C=O) groups is 1. The topological polar surface area (TPSA) is 68.5 Å². The molecule has 19 heavy (non-hydrogen) atoms. The summed E-state index contributed by atoms with van der Waals surface area (Å²) in [4.78, 5) is 22.8. The Balaban J connectivity index is 2.51. The van der Waals surface area contributed by atoms with Crippen molar-refractivity contribution in [1.29, 1.82) is 0 Å². The Hall–Kier alpha value is -2.30. The highest BCUT2D eigenvalue weighted by molar-refractivity contribution is 5.92. The van der Waals surface area contributed by atoms with E-state index < -0.39 is 11.7 Å². The third-order valence-corrected chi connectivity index (χ3v) is 2.88. The molecule has 1 aromatic heterocycles. The van der Waals surface area contributed by atoms with Crippen LogP contribution in [0, 0.1) is 13.8 Å². The van der Waals surface area contributed by atoms with Crippen LogP contribution in [-0.2, 0) is 4.74 Å². The zero-order chi connectivity index (χ0) is 14.0. The number of fused-ring (bicyclic) bond motifs is 1. The van der Waals surface area contributed by atoms with Gasteiger partial charge in [0, 0.05) is 17.0 Å². The van der Waals surface area contributed by atoms with Crippen molar-refractivity contribution in [3.63, 3.8) is 0 Å². The molecule has 0 radical (unpaired) electrons. The number of nitrogens with one attached hydrogen (secondary N) is 1. The minimum absolute atomic E-state index is 0.298. The third-order valence-electron chi connectivity index (χ3n) is 2.88. The maximum Gasteiger partial charge on any atom is 0.411 e. The lowest BCUT2D eigenvalue weighted by molar-refractivity contribution is 0.168. The minimum Gasteiger partial charge on any atom is -0.450 e. The van der Waals surface area contributed by atoms with Crippen LogP contribution in [0.15, 0.2) is 27.4 Å². The first kappa shape index (κ1) is 13.1. The number of hydrogen-bond acceptors (Lipinski definition) is 4. The fraction of sp³-hybridized carbons (Fsp3) is 0.286. The van der Waals surface area contributed by atoms with Crippen molar-refractivity contribution in [2.24, 2.45) is 0 Å². The molecule has 0 aliphatic rings. The first-order valence-electron chi connectivity index (χ1n) is 6.00. The van der Waals surface area contributed by atoms with Crippen LogP contribution in [0.2, 0.25) is 0 Å². The molecule has 0 fully saturated rings. The van der Waals surface area contributed by atoms with Crippen molar-refractivity contribution in [1.82, 2.24) is 0 Å². The summed E-state index contributed by atoms with van der Waals surface area (Å²) in [6.07, 6.45) is -0.528. The average Bonchev–Trinajstić information content (AvgIpc) is 2.33. The van der Waals surface area contributed by atoms with Crippen LogP contribution in [-0.4, -0.2) is 12.7 Å². The Kier molecular flexibility index (Phi) is 3.55. The molecule has 0 atom stereocenters. The molecule has 2 aromatic rings. The molecular weight excluding hydrogens is 246 g/mol. The number of benzene rings is 1. The van der Waals surface area contributed by atoms with E-state index in [2.05, 4.69) is 5.32 Å². The van der Waals surface area contributed by atoms with Crippen molar-refractivity contribution in [2.45, 2.75) is 20.8 Å². The predicted octanol–water partition coefficient (Wildman–Crippen LogP) is 2.98. The lowest BCUT2D eigenvalue weighted by Crippen LogP contribution is -2.14. The highest BCUT2D eigenvalue weighted by Crippen LogP contribution is 2.26. The first-order chi connectivity index (χ1) is 9.02. The summed E-state index contributed by atoms with van der Waals surface area (Å²) in [5, 5.41) is 3.47. The number of aryl methyl sites for hydroxylation is 2. The monoisotopic (exact) mass is 261 g/mol. The second-order valence-electron chi connectivity index (χ2n) is 4.21. The molecule has 2 rings (SSSR count). The van der Waals surface area contributed by atoms with Gasteiger partial charge in [0.25, 0.3) is 0 Å². The van der Waals surface area contributed by atoms with E-state index in [1.165, 1.54) is 6.07 Å². The fourth-order valence-corrected chi connectivity index (χ4v) is 1.93. The molecule has 100 valence electrons. The standard InChI is InChI=1S/C14H15NO4/c1-4-18-14(17)15-11-6-5-10-8(2)7-12(16)19-13(10)9(11)3/h5-7H,4H2,1-3H3,(H,15,17). The molecule has 0 bridgehead atoms. The highest BCUT2D eigenvalue weighted by atomic mass is 16.5. The van der Waals surface area contributed by atoms with Gasteiger partial charge in [-0.15, -0.1) is 0 Å². The van der Waals surface area contributed by atoms with Gasteiger partial charge < -0.3 is 9.15 Å². The van der Waals surface area contributed by atoms with Crippen molar-refractivity contribution in [3.8, 4) is 0 Å². The van der Waals surface area contributed by atoms with Gasteiger partial charge in [0.05, 0.1) is 12.3 Å². The molecule has 1 N–H and O–H groups in total. The zero-order valence-corrected chi connectivity index (χ0v) is 11.1. The molecule has 0 aliphatic carbocycles. The van der Waals surface area contributed by atoms with Crippen molar-refractivity contribution in [3.05, 3.63) is 39.7 Å². The van der Waals surface area contributed by atoms with Crippen LogP contribution in [0.4, 0.5) is 10.5 Å². The van der Waals surface area contributed by atoms with E-state index in [9.17, 15) is 9.59 Å². The van der Waals surface area contributed by atoms with E-state index in [0.29, 0.717) is 23.4 Å². The zero-order valence-electron chi connectivity index (χ0n) is 11.1. The number of carbonyl (C=O) groups excluding carboxylic acids is 1. The fourth-order valence-electron chi connectivity index (χ4n) is 1.93. The van der Waals surface area contributed by atoms with E-state index in [1.807, 2.05) is 13.0 Å². The van der Waals surface area contributed by atoms with E-state index in [1.54, 1.807) is 19.9 Å². The van der Waals surface area contributed by atoms with Gasteiger partial charge in [-0.2, -0.15) is 0 Å². The normalized spacial score (nSPS) is 10.5. The number of ether oxygens (including phenoxy) is 1. The van der Waals surface area contributed by atoms with E-state index in [4.69, 9.17) is 9.15 Å². The Bertz CT molecular complexity index is 688. The molecule has 5 nitrogen and oxygen atoms in total. The molecule has 0 spiro atoms. The van der Waals surface area contributed by atoms with Gasteiger partial charge >= 0.3 is 11.7 Å². The maximum absolute atomic E-state index is 11.4. The smallest absolute Gasteiger partial charge is 0.411 e. The summed E-state index contributed by atoms with van der Waals surface area (Å²) in [5.74, 6) is 0. The van der Waals surface area contributed by atoms with Crippen molar-refractivity contribution in [2.75, 3.05) is 11.9 Å². The van der Waals surface area contributed by atoms with Crippen molar-refractivity contribution < 1.29 is 13.9 Å². The van der Waals surface area contributed by atoms with Gasteiger partial charge in [-0.3, -0.25) is 5.32 Å². The van der Waals surface area contributed by atoms with Crippen LogP contribution >= 0.6 is 0 Å². The second-order valence-corrected chi connectivity index (χ2v) is 4.21. The van der Waals surface area contributed by atoms with E-state index in [-0.39, 0.29) is 0 Å². The molecule has 1 amide bonds. The van der Waals surface area contributed by atoms with Crippen LogP contribution in [0.5, 0.6) is 0 Å². The molecular formula is C14H15NO4. The van der Waals surface area contributed by atoms with Gasteiger partial charge in [-0.05, 0) is 38.5 Å². The predicted molar refractivity (Wildman–Crippen MR) is 72.6 cm³/mol. The average molecular weight is 261 g/mol. The first-order valence-corrected chi connectivity index (χ1v) is 6.00. The molecule has 0 saturated heterocycles. The number of rotatable bonds is 2. The van der Waals surface area contributed by atoms with Crippen LogP contribution in [0.3, 0.4) is 0 Å². The number of hydrogen-bond donors (Lipinski definition) is 1. The summed E-state index contributed by atoms with van der Waals surface area (Å²) in [6.45, 7) is 5.66. The van der Waals surface area contributed by atoms with Gasteiger partial charge in [-0.1, -0.05) is 0 Å². The molecule has 0 saturated carbocycles. The summed E-state index contributed by atoms with van der Waals surface area (Å²) < 4.78 is 10.0. The number of anilines is 1. The SMILES string of the molecule is CCOC(=O)Nc1ccc2c(C)cc(=O)oc2c1C. The highest BCUT2D eigenvalue weighted by Gasteiger charge is 2.11. The van der Waals surface area contributed by atoms with Crippen LogP contribution in [0.25, 0.3) is 11.0 Å². The Morgan fingerprint density at radius 2 is 2.11 bits per heavy atom. The lowest BCUT2D eigenvalue weighted by Gasteiger charge is -2.10. The third kappa shape index (κ3) is 2.59. The Morgan fingerprint density at radius 3 is 2.79 bits per heavy atom. The van der Waals surface area contributed by atoms with Crippen molar-refractivity contribution >= 4 is 22.7 Å². The maximum atomic E-state index is 11.4. The molecule has 1 aromatic carbocycles. The molecule has 0 unspecified atom stereocenters. The van der Waals surface area contributed by atoms with Gasteiger partial charge in [-0.25, -0.2) is 9.59 Å². The summed E-state index contributed by atoms with van der Waals surface area (Å²) in [7, 11) is 0. The Morgan fingerprint density at radius 1 is 1.37 bits per heavy atom. The lowest BCUT2D eigenvalue weighted by atomic mass is 10.1. The Labute approximate surface area is 110 Å². The largest absolute Gasteiger partial charge is 0.450 e. The number of amides is 1. The van der Waals surface area contributed by atoms with E-state index in [0.717, 1.165) is 10.9 Å². The van der Waals surface area contributed by atoms with Gasteiger partial charge in [0.1, 0.15) is 5.58 Å². The van der Waals surface area contributed by atoms with Crippen LogP contribution < -0.4 is 10.9 Å². The van der Waals surface area contributed by atoms with Gasteiger partial charge in [0.2, 0.25) is 0 Å². The van der Waals surface area contributed by atoms with E-state index >= 15 is 0 Å². The summed E-state index contributed by atoms with van der Waals surface area (Å²) in [6, 6.07) is 5.02. The quantitative estimate of drug-likeness (QED) is 0.844. The second kappa shape index (κ2) is 5.14. The molecule has 1 heterocycles. The summed E-state index contributed by atoms with van der Waals surface area (Å²) in [5.41, 5.74) is 2.20. The summed E-state index contributed by atoms with van der Waals surface area (Å²) >= 11 is 0. The molecule has 0 aliphatic heterocycles. The molecule has 5 heteroatoms. The van der Waals surface area contributed by atoms with Gasteiger partial charge in [0.15, 0.2) is 0 Å². The minimum atomic E-state index is -0.528.